The van der Waals surface area contributed by atoms with Gasteiger partial charge in [0.25, 0.3) is 0 Å². The molecule has 1 atom stereocenters. The van der Waals surface area contributed by atoms with Crippen LogP contribution in [0.25, 0.3) is 0 Å². The number of rotatable bonds is 5. The summed E-state index contributed by atoms with van der Waals surface area (Å²) in [4.78, 5) is 12.4. The molecule has 2 aromatic rings. The van der Waals surface area contributed by atoms with Gasteiger partial charge in [-0.3, -0.25) is 9.48 Å². The van der Waals surface area contributed by atoms with Crippen LogP contribution >= 0.6 is 0 Å². The summed E-state index contributed by atoms with van der Waals surface area (Å²) in [6, 6.07) is 7.41. The van der Waals surface area contributed by atoms with Gasteiger partial charge in [-0.2, -0.15) is 5.10 Å². The van der Waals surface area contributed by atoms with Gasteiger partial charge in [0, 0.05) is 25.4 Å². The molecule has 1 aliphatic rings. The van der Waals surface area contributed by atoms with Crippen LogP contribution in [0.5, 0.6) is 0 Å². The van der Waals surface area contributed by atoms with Crippen molar-refractivity contribution in [1.82, 2.24) is 15.1 Å². The van der Waals surface area contributed by atoms with Crippen LogP contribution in [-0.2, 0) is 11.8 Å². The Labute approximate surface area is 122 Å². The zero-order valence-electron chi connectivity index (χ0n) is 11.7. The third-order valence-corrected chi connectivity index (χ3v) is 3.40. The molecule has 6 heteroatoms. The number of halogens is 1. The average Bonchev–Trinajstić information content (AvgIpc) is 3.18. The van der Waals surface area contributed by atoms with Crippen molar-refractivity contribution in [2.45, 2.75) is 24.9 Å². The fraction of sp³-hybridized carbons (Fsp3) is 0.333. The number of carbonyl (C=O) groups is 1. The first-order valence-corrected chi connectivity index (χ1v) is 6.94. The summed E-state index contributed by atoms with van der Waals surface area (Å²) in [6.07, 6.45) is 3.83. The molecule has 5 nitrogen and oxygen atoms in total. The maximum Gasteiger partial charge on any atom is 0.247 e. The van der Waals surface area contributed by atoms with Gasteiger partial charge < -0.3 is 10.6 Å². The molecule has 21 heavy (non-hydrogen) atoms. The van der Waals surface area contributed by atoms with Crippen LogP contribution in [0.4, 0.5) is 10.2 Å². The van der Waals surface area contributed by atoms with Crippen molar-refractivity contribution >= 4 is 11.7 Å². The summed E-state index contributed by atoms with van der Waals surface area (Å²) in [5, 5.41) is 10.3. The SMILES string of the molecule is Cn1ccc(N[C@@H](C(=O)NC2CC2)c2ccc(F)cc2)n1. The van der Waals surface area contributed by atoms with E-state index >= 15 is 0 Å². The van der Waals surface area contributed by atoms with E-state index in [1.54, 1.807) is 29.1 Å². The van der Waals surface area contributed by atoms with Crippen LogP contribution in [0, 0.1) is 5.82 Å². The molecule has 1 amide bonds. The number of carbonyl (C=O) groups excluding carboxylic acids is 1. The van der Waals surface area contributed by atoms with E-state index < -0.39 is 6.04 Å². The van der Waals surface area contributed by atoms with Gasteiger partial charge in [0.1, 0.15) is 17.7 Å². The molecule has 0 aliphatic heterocycles. The minimum absolute atomic E-state index is 0.116. The van der Waals surface area contributed by atoms with Gasteiger partial charge >= 0.3 is 0 Å². The van der Waals surface area contributed by atoms with Gasteiger partial charge in [-0.1, -0.05) is 12.1 Å². The highest BCUT2D eigenvalue weighted by atomic mass is 19.1. The summed E-state index contributed by atoms with van der Waals surface area (Å²) >= 11 is 0. The number of nitrogens with one attached hydrogen (secondary N) is 2. The first kappa shape index (κ1) is 13.6. The predicted molar refractivity (Wildman–Crippen MR) is 77.1 cm³/mol. The van der Waals surface area contributed by atoms with E-state index in [1.807, 2.05) is 7.05 Å². The lowest BCUT2D eigenvalue weighted by molar-refractivity contribution is -0.122. The number of aryl methyl sites for hydroxylation is 1. The zero-order valence-corrected chi connectivity index (χ0v) is 11.7. The highest BCUT2D eigenvalue weighted by Crippen LogP contribution is 2.23. The molecule has 2 N–H and O–H groups in total. The quantitative estimate of drug-likeness (QED) is 0.884. The molecule has 0 unspecified atom stereocenters. The fourth-order valence-electron chi connectivity index (χ4n) is 2.11. The summed E-state index contributed by atoms with van der Waals surface area (Å²) < 4.78 is 14.7. The van der Waals surface area contributed by atoms with Crippen molar-refractivity contribution in [2.24, 2.45) is 7.05 Å². The Morgan fingerprint density at radius 1 is 1.33 bits per heavy atom. The Bertz CT molecular complexity index is 633. The molecule has 0 bridgehead atoms. The second kappa shape index (κ2) is 5.55. The lowest BCUT2D eigenvalue weighted by Gasteiger charge is -2.18. The van der Waals surface area contributed by atoms with Crippen molar-refractivity contribution < 1.29 is 9.18 Å². The number of anilines is 1. The van der Waals surface area contributed by atoms with Crippen LogP contribution in [-0.4, -0.2) is 21.7 Å². The molecule has 0 saturated heterocycles. The second-order valence-electron chi connectivity index (χ2n) is 5.29. The number of hydrogen-bond acceptors (Lipinski definition) is 3. The van der Waals surface area contributed by atoms with E-state index in [0.717, 1.165) is 12.8 Å². The maximum atomic E-state index is 13.1. The normalized spacial score (nSPS) is 15.5. The van der Waals surface area contributed by atoms with Crippen LogP contribution in [0.3, 0.4) is 0 Å². The maximum absolute atomic E-state index is 13.1. The van der Waals surface area contributed by atoms with Crippen LogP contribution in [0.15, 0.2) is 36.5 Å². The van der Waals surface area contributed by atoms with Crippen LogP contribution in [0.1, 0.15) is 24.4 Å². The van der Waals surface area contributed by atoms with Crippen molar-refractivity contribution in [2.75, 3.05) is 5.32 Å². The lowest BCUT2D eigenvalue weighted by atomic mass is 10.1. The molecule has 1 aliphatic carbocycles. The summed E-state index contributed by atoms with van der Waals surface area (Å²) in [5.74, 6) is 0.172. The number of hydrogen-bond donors (Lipinski definition) is 2. The molecule has 1 aromatic heterocycles. The number of benzene rings is 1. The largest absolute Gasteiger partial charge is 0.353 e. The minimum atomic E-state index is -0.582. The molecule has 1 saturated carbocycles. The predicted octanol–water partition coefficient (Wildman–Crippen LogP) is 1.99. The second-order valence-corrected chi connectivity index (χ2v) is 5.29. The number of aromatic nitrogens is 2. The average molecular weight is 288 g/mol. The van der Waals surface area contributed by atoms with Gasteiger partial charge in [-0.05, 0) is 30.5 Å². The number of amides is 1. The van der Waals surface area contributed by atoms with E-state index in [-0.39, 0.29) is 17.8 Å². The first-order chi connectivity index (χ1) is 10.1. The summed E-state index contributed by atoms with van der Waals surface area (Å²) in [6.45, 7) is 0. The van der Waals surface area contributed by atoms with E-state index in [0.29, 0.717) is 11.4 Å². The van der Waals surface area contributed by atoms with Crippen LogP contribution < -0.4 is 10.6 Å². The monoisotopic (exact) mass is 288 g/mol. The zero-order chi connectivity index (χ0) is 14.8. The smallest absolute Gasteiger partial charge is 0.247 e. The topological polar surface area (TPSA) is 59.0 Å². The molecular formula is C15H17FN4O. The minimum Gasteiger partial charge on any atom is -0.353 e. The molecule has 0 spiro atoms. The summed E-state index contributed by atoms with van der Waals surface area (Å²) in [7, 11) is 1.81. The third kappa shape index (κ3) is 3.39. The highest BCUT2D eigenvalue weighted by molar-refractivity contribution is 5.86. The van der Waals surface area contributed by atoms with Gasteiger partial charge in [0.2, 0.25) is 5.91 Å². The van der Waals surface area contributed by atoms with E-state index in [1.165, 1.54) is 12.1 Å². The van der Waals surface area contributed by atoms with Crippen molar-refractivity contribution in [1.29, 1.82) is 0 Å². The van der Waals surface area contributed by atoms with Crippen molar-refractivity contribution in [3.05, 3.63) is 47.9 Å². The number of nitrogens with zero attached hydrogens (tertiary/aromatic N) is 2. The van der Waals surface area contributed by atoms with Crippen molar-refractivity contribution in [3.63, 3.8) is 0 Å². The van der Waals surface area contributed by atoms with Gasteiger partial charge in [-0.25, -0.2) is 4.39 Å². The van der Waals surface area contributed by atoms with E-state index in [2.05, 4.69) is 15.7 Å². The Kier molecular flexibility index (Phi) is 3.60. The molecule has 110 valence electrons. The Balaban J connectivity index is 1.82. The Morgan fingerprint density at radius 3 is 2.62 bits per heavy atom. The molecular weight excluding hydrogens is 271 g/mol. The molecule has 3 rings (SSSR count). The van der Waals surface area contributed by atoms with Gasteiger partial charge in [-0.15, -0.1) is 0 Å². The standard InChI is InChI=1S/C15H17FN4O/c1-20-9-8-13(19-20)18-14(15(21)17-12-6-7-12)10-2-4-11(16)5-3-10/h2-5,8-9,12,14H,6-7H2,1H3,(H,17,21)(H,18,19)/t14-/m1/s1. The van der Waals surface area contributed by atoms with Crippen LogP contribution in [0.2, 0.25) is 0 Å². The van der Waals surface area contributed by atoms with Gasteiger partial charge in [0.15, 0.2) is 0 Å². The fourth-order valence-corrected chi connectivity index (χ4v) is 2.11. The molecule has 0 radical (unpaired) electrons. The van der Waals surface area contributed by atoms with E-state index in [4.69, 9.17) is 0 Å². The highest BCUT2D eigenvalue weighted by Gasteiger charge is 2.28. The van der Waals surface area contributed by atoms with Crippen molar-refractivity contribution in [3.8, 4) is 0 Å². The molecule has 1 fully saturated rings. The molecule has 1 aromatic carbocycles. The van der Waals surface area contributed by atoms with E-state index in [9.17, 15) is 9.18 Å². The first-order valence-electron chi connectivity index (χ1n) is 6.94. The third-order valence-electron chi connectivity index (χ3n) is 3.40. The summed E-state index contributed by atoms with van der Waals surface area (Å²) in [5.41, 5.74) is 0.709. The Morgan fingerprint density at radius 2 is 2.05 bits per heavy atom. The van der Waals surface area contributed by atoms with Gasteiger partial charge in [0.05, 0.1) is 0 Å². The Hall–Kier alpha value is -2.37. The lowest BCUT2D eigenvalue weighted by Crippen LogP contribution is -2.35. The molecule has 1 heterocycles.